The summed E-state index contributed by atoms with van der Waals surface area (Å²) in [6.07, 6.45) is 2.98. The molecule has 0 amide bonds. The third-order valence-corrected chi connectivity index (χ3v) is 2.75. The van der Waals surface area contributed by atoms with Crippen LogP contribution in [0.2, 0.25) is 0 Å². The Kier molecular flexibility index (Phi) is 3.66. The molecule has 5 nitrogen and oxygen atoms in total. The summed E-state index contributed by atoms with van der Waals surface area (Å²) >= 11 is 0. The van der Waals surface area contributed by atoms with Crippen LogP contribution in [0.5, 0.6) is 11.5 Å². The van der Waals surface area contributed by atoms with Crippen LogP contribution in [0.25, 0.3) is 0 Å². The maximum absolute atomic E-state index is 12.4. The number of anilines is 1. The van der Waals surface area contributed by atoms with E-state index in [1.54, 1.807) is 31.4 Å². The Morgan fingerprint density at radius 2 is 1.95 bits per heavy atom. The van der Waals surface area contributed by atoms with E-state index in [1.807, 2.05) is 0 Å². The fourth-order valence-corrected chi connectivity index (χ4v) is 1.74. The predicted molar refractivity (Wildman–Crippen MR) is 71.6 cm³/mol. The molecule has 0 fully saturated rings. The number of nitrogens with zero attached hydrogens (tertiary/aromatic N) is 1. The topological polar surface area (TPSA) is 74.4 Å². The van der Waals surface area contributed by atoms with E-state index in [2.05, 4.69) is 4.98 Å². The lowest BCUT2D eigenvalue weighted by Crippen LogP contribution is -2.07. The quantitative estimate of drug-likeness (QED) is 0.848. The molecule has 5 heteroatoms. The van der Waals surface area contributed by atoms with Gasteiger partial charge in [-0.15, -0.1) is 0 Å². The van der Waals surface area contributed by atoms with Crippen molar-refractivity contribution >= 4 is 11.5 Å². The van der Waals surface area contributed by atoms with Crippen LogP contribution in [0.4, 0.5) is 5.69 Å². The van der Waals surface area contributed by atoms with Gasteiger partial charge in [0.25, 0.3) is 0 Å². The van der Waals surface area contributed by atoms with Crippen LogP contribution in [0.3, 0.4) is 0 Å². The van der Waals surface area contributed by atoms with E-state index in [1.165, 1.54) is 19.5 Å². The van der Waals surface area contributed by atoms with Crippen LogP contribution in [0.1, 0.15) is 15.9 Å². The van der Waals surface area contributed by atoms with E-state index >= 15 is 0 Å². The molecular formula is C14H14N2O3. The Labute approximate surface area is 111 Å². The van der Waals surface area contributed by atoms with E-state index in [-0.39, 0.29) is 5.78 Å². The number of carbonyl (C=O) groups is 1. The first-order valence-corrected chi connectivity index (χ1v) is 5.63. The summed E-state index contributed by atoms with van der Waals surface area (Å²) in [5, 5.41) is 0. The molecule has 0 bridgehead atoms. The Morgan fingerprint density at radius 1 is 1.16 bits per heavy atom. The number of aromatic nitrogens is 1. The predicted octanol–water partition coefficient (Wildman–Crippen LogP) is 1.91. The smallest absolute Gasteiger partial charge is 0.198 e. The minimum atomic E-state index is -0.209. The van der Waals surface area contributed by atoms with Crippen molar-refractivity contribution in [1.82, 2.24) is 4.98 Å². The maximum atomic E-state index is 12.4. The Bertz CT molecular complexity index is 611. The number of ether oxygens (including phenoxy) is 2. The molecule has 2 rings (SSSR count). The minimum Gasteiger partial charge on any atom is -0.497 e. The number of rotatable bonds is 4. The van der Waals surface area contributed by atoms with Crippen molar-refractivity contribution in [3.05, 3.63) is 47.8 Å². The van der Waals surface area contributed by atoms with Crippen LogP contribution >= 0.6 is 0 Å². The molecule has 98 valence electrons. The van der Waals surface area contributed by atoms with Crippen LogP contribution in [-0.4, -0.2) is 25.0 Å². The molecular weight excluding hydrogens is 244 g/mol. The van der Waals surface area contributed by atoms with Gasteiger partial charge in [0, 0.05) is 17.8 Å². The van der Waals surface area contributed by atoms with Gasteiger partial charge >= 0.3 is 0 Å². The third-order valence-electron chi connectivity index (χ3n) is 2.75. The first kappa shape index (κ1) is 12.9. The second-order valence-electron chi connectivity index (χ2n) is 3.86. The third kappa shape index (κ3) is 2.49. The monoisotopic (exact) mass is 258 g/mol. The number of nitrogens with two attached hydrogens (primary N) is 1. The lowest BCUT2D eigenvalue weighted by atomic mass is 10.0. The molecule has 0 aliphatic rings. The molecule has 0 spiro atoms. The highest BCUT2D eigenvalue weighted by Gasteiger charge is 2.17. The zero-order chi connectivity index (χ0) is 13.8. The molecule has 2 aromatic rings. The molecule has 0 radical (unpaired) electrons. The van der Waals surface area contributed by atoms with Gasteiger partial charge in [0.1, 0.15) is 11.5 Å². The first-order valence-electron chi connectivity index (χ1n) is 5.63. The highest BCUT2D eigenvalue weighted by molar-refractivity contribution is 6.13. The normalized spacial score (nSPS) is 10.0. The van der Waals surface area contributed by atoms with Gasteiger partial charge in [-0.25, -0.2) is 0 Å². The Morgan fingerprint density at radius 3 is 2.58 bits per heavy atom. The molecule has 1 aromatic carbocycles. The zero-order valence-electron chi connectivity index (χ0n) is 10.7. The second kappa shape index (κ2) is 5.39. The molecule has 2 N–H and O–H groups in total. The van der Waals surface area contributed by atoms with E-state index < -0.39 is 0 Å². The van der Waals surface area contributed by atoms with Gasteiger partial charge in [-0.05, 0) is 18.2 Å². The fraction of sp³-hybridized carbons (Fsp3) is 0.143. The van der Waals surface area contributed by atoms with Crippen molar-refractivity contribution in [2.24, 2.45) is 0 Å². The number of hydrogen-bond acceptors (Lipinski definition) is 5. The lowest BCUT2D eigenvalue weighted by molar-refractivity contribution is 0.103. The number of nitrogen functional groups attached to an aromatic ring is 1. The Hall–Kier alpha value is -2.56. The molecule has 0 aliphatic carbocycles. The largest absolute Gasteiger partial charge is 0.497 e. The highest BCUT2D eigenvalue weighted by Crippen LogP contribution is 2.27. The van der Waals surface area contributed by atoms with Crippen molar-refractivity contribution in [1.29, 1.82) is 0 Å². The lowest BCUT2D eigenvalue weighted by Gasteiger charge is -2.10. The molecule has 1 aromatic heterocycles. The summed E-state index contributed by atoms with van der Waals surface area (Å²) in [6, 6.07) is 6.60. The van der Waals surface area contributed by atoms with Crippen LogP contribution < -0.4 is 15.2 Å². The standard InChI is InChI=1S/C14H14N2O3/c1-18-9-3-4-11(13(7-9)19-2)14(17)10-5-6-16-8-12(10)15/h3-8H,15H2,1-2H3. The van der Waals surface area contributed by atoms with Gasteiger partial charge in [0.05, 0.1) is 31.7 Å². The number of ketones is 1. The fourth-order valence-electron chi connectivity index (χ4n) is 1.74. The molecule has 19 heavy (non-hydrogen) atoms. The first-order chi connectivity index (χ1) is 9.17. The highest BCUT2D eigenvalue weighted by atomic mass is 16.5. The summed E-state index contributed by atoms with van der Waals surface area (Å²) in [5.41, 5.74) is 6.93. The van der Waals surface area contributed by atoms with E-state index in [0.717, 1.165) is 0 Å². The number of carbonyl (C=O) groups excluding carboxylic acids is 1. The van der Waals surface area contributed by atoms with E-state index in [4.69, 9.17) is 15.2 Å². The molecule has 0 unspecified atom stereocenters. The average Bonchev–Trinajstić information content (AvgIpc) is 2.46. The summed E-state index contributed by atoms with van der Waals surface area (Å²) in [5.74, 6) is 0.857. The van der Waals surface area contributed by atoms with Crippen LogP contribution in [0.15, 0.2) is 36.7 Å². The summed E-state index contributed by atoms with van der Waals surface area (Å²) in [4.78, 5) is 16.3. The minimum absolute atomic E-state index is 0.209. The SMILES string of the molecule is COc1ccc(C(=O)c2ccncc2N)c(OC)c1. The number of hydrogen-bond donors (Lipinski definition) is 1. The van der Waals surface area contributed by atoms with Gasteiger partial charge in [0.2, 0.25) is 0 Å². The average molecular weight is 258 g/mol. The van der Waals surface area contributed by atoms with E-state index in [9.17, 15) is 4.79 Å². The van der Waals surface area contributed by atoms with Crippen molar-refractivity contribution in [2.75, 3.05) is 20.0 Å². The van der Waals surface area contributed by atoms with Crippen molar-refractivity contribution in [2.45, 2.75) is 0 Å². The summed E-state index contributed by atoms with van der Waals surface area (Å²) in [7, 11) is 3.05. The van der Waals surface area contributed by atoms with Crippen molar-refractivity contribution in [3.63, 3.8) is 0 Å². The number of benzene rings is 1. The zero-order valence-corrected chi connectivity index (χ0v) is 10.7. The van der Waals surface area contributed by atoms with E-state index in [0.29, 0.717) is 28.3 Å². The molecule has 0 atom stereocenters. The molecule has 0 aliphatic heterocycles. The van der Waals surface area contributed by atoms with Gasteiger partial charge in [-0.2, -0.15) is 0 Å². The van der Waals surface area contributed by atoms with Crippen LogP contribution in [-0.2, 0) is 0 Å². The van der Waals surface area contributed by atoms with Gasteiger partial charge in [-0.3, -0.25) is 9.78 Å². The van der Waals surface area contributed by atoms with Crippen molar-refractivity contribution in [3.8, 4) is 11.5 Å². The Balaban J connectivity index is 2.47. The van der Waals surface area contributed by atoms with Gasteiger partial charge in [-0.1, -0.05) is 0 Å². The number of pyridine rings is 1. The summed E-state index contributed by atoms with van der Waals surface area (Å²) < 4.78 is 10.3. The molecule has 0 saturated carbocycles. The number of methoxy groups -OCH3 is 2. The van der Waals surface area contributed by atoms with Gasteiger partial charge < -0.3 is 15.2 Å². The maximum Gasteiger partial charge on any atom is 0.198 e. The van der Waals surface area contributed by atoms with Crippen LogP contribution in [0, 0.1) is 0 Å². The second-order valence-corrected chi connectivity index (χ2v) is 3.86. The van der Waals surface area contributed by atoms with Crippen molar-refractivity contribution < 1.29 is 14.3 Å². The van der Waals surface area contributed by atoms with Gasteiger partial charge in [0.15, 0.2) is 5.78 Å². The molecule has 0 saturated heterocycles. The molecule has 1 heterocycles. The summed E-state index contributed by atoms with van der Waals surface area (Å²) in [6.45, 7) is 0.